The van der Waals surface area contributed by atoms with Gasteiger partial charge in [-0.3, -0.25) is 0 Å². The van der Waals surface area contributed by atoms with Gasteiger partial charge in [0, 0.05) is 24.9 Å². The summed E-state index contributed by atoms with van der Waals surface area (Å²) in [6.45, 7) is 2.18. The van der Waals surface area contributed by atoms with Crippen molar-refractivity contribution in [3.05, 3.63) is 17.5 Å². The molecule has 1 unspecified atom stereocenters. The third-order valence-corrected chi connectivity index (χ3v) is 2.41. The second-order valence-corrected chi connectivity index (χ2v) is 3.38. The lowest BCUT2D eigenvalue weighted by Gasteiger charge is -1.99. The summed E-state index contributed by atoms with van der Waals surface area (Å²) < 4.78 is 5.08. The number of rotatable bonds is 3. The summed E-state index contributed by atoms with van der Waals surface area (Å²) in [5.74, 6) is 1.28. The van der Waals surface area contributed by atoms with Crippen LogP contribution in [0, 0.1) is 0 Å². The molecule has 0 bridgehead atoms. The van der Waals surface area contributed by atoms with Crippen molar-refractivity contribution in [3.8, 4) is 0 Å². The first-order valence-electron chi connectivity index (χ1n) is 4.67. The van der Waals surface area contributed by atoms with Crippen molar-refractivity contribution in [1.82, 2.24) is 10.5 Å². The quantitative estimate of drug-likeness (QED) is 0.705. The molecule has 1 fully saturated rings. The van der Waals surface area contributed by atoms with Crippen LogP contribution in [0.4, 0.5) is 0 Å². The maximum atomic E-state index is 8.69. The smallest absolute Gasteiger partial charge is 0.139 e. The van der Waals surface area contributed by atoms with Crippen molar-refractivity contribution in [2.45, 2.75) is 18.8 Å². The summed E-state index contributed by atoms with van der Waals surface area (Å²) in [6, 6.07) is 1.95. The minimum atomic E-state index is 0.123. The average molecular weight is 182 g/mol. The summed E-state index contributed by atoms with van der Waals surface area (Å²) in [7, 11) is 0. The van der Waals surface area contributed by atoms with E-state index in [-0.39, 0.29) is 6.61 Å². The fraction of sp³-hybridized carbons (Fsp3) is 0.667. The van der Waals surface area contributed by atoms with E-state index >= 15 is 0 Å². The summed E-state index contributed by atoms with van der Waals surface area (Å²) in [5.41, 5.74) is 1.02. The van der Waals surface area contributed by atoms with Gasteiger partial charge in [0.25, 0.3) is 0 Å². The molecule has 1 aliphatic heterocycles. The lowest BCUT2D eigenvalue weighted by Crippen LogP contribution is -2.07. The molecule has 0 radical (unpaired) electrons. The molecule has 13 heavy (non-hydrogen) atoms. The van der Waals surface area contributed by atoms with Crippen molar-refractivity contribution in [1.29, 1.82) is 0 Å². The van der Waals surface area contributed by atoms with Gasteiger partial charge in [-0.25, -0.2) is 0 Å². The Balaban J connectivity index is 2.03. The third-order valence-electron chi connectivity index (χ3n) is 2.41. The molecule has 1 aromatic rings. The number of aliphatic hydroxyl groups is 1. The van der Waals surface area contributed by atoms with Gasteiger partial charge in [-0.2, -0.15) is 0 Å². The summed E-state index contributed by atoms with van der Waals surface area (Å²) >= 11 is 0. The minimum Gasteiger partial charge on any atom is -0.396 e. The Labute approximate surface area is 76.9 Å². The number of nitrogens with one attached hydrogen (secondary N) is 1. The molecule has 72 valence electrons. The standard InChI is InChI=1S/C9H14N2O2/c12-4-2-8-5-9(11-13-8)7-1-3-10-6-7/h5,7,10,12H,1-4,6H2. The Morgan fingerprint density at radius 1 is 1.69 bits per heavy atom. The maximum absolute atomic E-state index is 8.69. The van der Waals surface area contributed by atoms with E-state index in [0.29, 0.717) is 12.3 Å². The molecule has 0 amide bonds. The highest BCUT2D eigenvalue weighted by molar-refractivity contribution is 5.12. The van der Waals surface area contributed by atoms with E-state index < -0.39 is 0 Å². The van der Waals surface area contributed by atoms with E-state index in [0.717, 1.165) is 31.0 Å². The molecule has 1 aliphatic rings. The molecule has 0 spiro atoms. The SMILES string of the molecule is OCCc1cc(C2CCNC2)no1. The van der Waals surface area contributed by atoms with Crippen LogP contribution in [0.15, 0.2) is 10.6 Å². The van der Waals surface area contributed by atoms with Gasteiger partial charge in [0.1, 0.15) is 5.76 Å². The largest absolute Gasteiger partial charge is 0.396 e. The molecule has 4 heteroatoms. The molecule has 4 nitrogen and oxygen atoms in total. The first-order valence-corrected chi connectivity index (χ1v) is 4.67. The molecule has 2 heterocycles. The van der Waals surface area contributed by atoms with Crippen LogP contribution >= 0.6 is 0 Å². The molecule has 1 saturated heterocycles. The molecule has 2 rings (SSSR count). The van der Waals surface area contributed by atoms with Gasteiger partial charge < -0.3 is 14.9 Å². The second kappa shape index (κ2) is 3.89. The van der Waals surface area contributed by atoms with E-state index in [9.17, 15) is 0 Å². The topological polar surface area (TPSA) is 58.3 Å². The normalized spacial score (nSPS) is 22.4. The number of aromatic nitrogens is 1. The van der Waals surface area contributed by atoms with E-state index in [4.69, 9.17) is 9.63 Å². The lowest BCUT2D eigenvalue weighted by molar-refractivity contribution is 0.276. The fourth-order valence-electron chi connectivity index (χ4n) is 1.66. The van der Waals surface area contributed by atoms with Gasteiger partial charge in [-0.1, -0.05) is 5.16 Å². The molecule has 0 aromatic carbocycles. The zero-order valence-corrected chi connectivity index (χ0v) is 7.49. The zero-order valence-electron chi connectivity index (χ0n) is 7.49. The van der Waals surface area contributed by atoms with Crippen LogP contribution in [-0.4, -0.2) is 30.0 Å². The molecular formula is C9H14N2O2. The average Bonchev–Trinajstić information content (AvgIpc) is 2.70. The molecule has 0 saturated carbocycles. The Kier molecular flexibility index (Phi) is 2.61. The monoisotopic (exact) mass is 182 g/mol. The molecule has 2 N–H and O–H groups in total. The van der Waals surface area contributed by atoms with E-state index in [1.54, 1.807) is 0 Å². The van der Waals surface area contributed by atoms with Gasteiger partial charge in [0.2, 0.25) is 0 Å². The third kappa shape index (κ3) is 1.89. The highest BCUT2D eigenvalue weighted by Gasteiger charge is 2.19. The lowest BCUT2D eigenvalue weighted by atomic mass is 10.0. The van der Waals surface area contributed by atoms with Gasteiger partial charge in [-0.15, -0.1) is 0 Å². The summed E-state index contributed by atoms with van der Waals surface area (Å²) in [6.07, 6.45) is 1.69. The van der Waals surface area contributed by atoms with Crippen LogP contribution < -0.4 is 5.32 Å². The molecular weight excluding hydrogens is 168 g/mol. The number of hydrogen-bond acceptors (Lipinski definition) is 4. The highest BCUT2D eigenvalue weighted by atomic mass is 16.5. The molecule has 0 aliphatic carbocycles. The molecule has 1 aromatic heterocycles. The van der Waals surface area contributed by atoms with Gasteiger partial charge >= 0.3 is 0 Å². The van der Waals surface area contributed by atoms with Crippen LogP contribution in [0.1, 0.15) is 23.8 Å². The fourth-order valence-corrected chi connectivity index (χ4v) is 1.66. The number of aliphatic hydroxyl groups excluding tert-OH is 1. The van der Waals surface area contributed by atoms with E-state index in [2.05, 4.69) is 10.5 Å². The Bertz CT molecular complexity index is 266. The van der Waals surface area contributed by atoms with Crippen LogP contribution in [0.2, 0.25) is 0 Å². The van der Waals surface area contributed by atoms with Crippen molar-refractivity contribution in [3.63, 3.8) is 0 Å². The Morgan fingerprint density at radius 2 is 2.62 bits per heavy atom. The van der Waals surface area contributed by atoms with Crippen LogP contribution in [-0.2, 0) is 6.42 Å². The summed E-state index contributed by atoms with van der Waals surface area (Å²) in [4.78, 5) is 0. The Hall–Kier alpha value is -0.870. The van der Waals surface area contributed by atoms with Crippen LogP contribution in [0.25, 0.3) is 0 Å². The second-order valence-electron chi connectivity index (χ2n) is 3.38. The Morgan fingerprint density at radius 3 is 3.31 bits per heavy atom. The van der Waals surface area contributed by atoms with Crippen molar-refractivity contribution in [2.75, 3.05) is 19.7 Å². The van der Waals surface area contributed by atoms with E-state index in [1.807, 2.05) is 6.07 Å². The van der Waals surface area contributed by atoms with Crippen molar-refractivity contribution < 1.29 is 9.63 Å². The minimum absolute atomic E-state index is 0.123. The van der Waals surface area contributed by atoms with E-state index in [1.165, 1.54) is 0 Å². The van der Waals surface area contributed by atoms with Crippen molar-refractivity contribution in [2.24, 2.45) is 0 Å². The zero-order chi connectivity index (χ0) is 9.10. The number of nitrogens with zero attached hydrogens (tertiary/aromatic N) is 1. The maximum Gasteiger partial charge on any atom is 0.139 e. The summed E-state index contributed by atoms with van der Waals surface area (Å²) in [5, 5.41) is 16.0. The van der Waals surface area contributed by atoms with Gasteiger partial charge in [0.15, 0.2) is 0 Å². The predicted molar refractivity (Wildman–Crippen MR) is 47.5 cm³/mol. The van der Waals surface area contributed by atoms with Crippen molar-refractivity contribution >= 4 is 0 Å². The predicted octanol–water partition coefficient (Wildman–Crippen LogP) is 0.286. The molecule has 1 atom stereocenters. The highest BCUT2D eigenvalue weighted by Crippen LogP contribution is 2.21. The first-order chi connectivity index (χ1) is 6.40. The van der Waals surface area contributed by atoms with Crippen LogP contribution in [0.3, 0.4) is 0 Å². The number of hydrogen-bond donors (Lipinski definition) is 2. The van der Waals surface area contributed by atoms with Gasteiger partial charge in [0.05, 0.1) is 12.3 Å². The van der Waals surface area contributed by atoms with Crippen LogP contribution in [0.5, 0.6) is 0 Å². The van der Waals surface area contributed by atoms with Gasteiger partial charge in [-0.05, 0) is 13.0 Å². The first kappa shape index (κ1) is 8.72.